The molecule has 118 valence electrons. The van der Waals surface area contributed by atoms with Crippen molar-refractivity contribution >= 4 is 5.91 Å². The van der Waals surface area contributed by atoms with Crippen LogP contribution < -0.4 is 5.32 Å². The summed E-state index contributed by atoms with van der Waals surface area (Å²) in [7, 11) is 0. The highest BCUT2D eigenvalue weighted by atomic mass is 16.1. The molecule has 1 N–H and O–H groups in total. The monoisotopic (exact) mass is 297 g/mol. The first kappa shape index (κ1) is 14.3. The summed E-state index contributed by atoms with van der Waals surface area (Å²) in [5.41, 5.74) is 1.51. The van der Waals surface area contributed by atoms with Crippen LogP contribution in [0.5, 0.6) is 0 Å². The predicted molar refractivity (Wildman–Crippen MR) is 88.4 cm³/mol. The molecule has 5 rings (SSSR count). The molecule has 0 saturated heterocycles. The first-order valence-corrected chi connectivity index (χ1v) is 8.96. The standard InChI is InChI=1S/C20H27NO/c1-14(21-19(22)10-15-5-3-2-4-6-15)20-11-16-7-17(12-20)9-18(8-16)13-20/h2-6,14,16-18H,7-13H2,1H3,(H,21,22)/t14-,16?,17?,18?,20?/m1/s1. The van der Waals surface area contributed by atoms with Gasteiger partial charge in [-0.15, -0.1) is 0 Å². The second-order valence-electron chi connectivity index (χ2n) is 8.23. The average molecular weight is 297 g/mol. The number of hydrogen-bond acceptors (Lipinski definition) is 1. The van der Waals surface area contributed by atoms with Crippen LogP contribution in [0.1, 0.15) is 51.0 Å². The Kier molecular flexibility index (Phi) is 3.51. The van der Waals surface area contributed by atoms with E-state index >= 15 is 0 Å². The highest BCUT2D eigenvalue weighted by molar-refractivity contribution is 5.78. The van der Waals surface area contributed by atoms with E-state index in [1.54, 1.807) is 0 Å². The van der Waals surface area contributed by atoms with Gasteiger partial charge in [-0.3, -0.25) is 4.79 Å². The molecular weight excluding hydrogens is 270 g/mol. The van der Waals surface area contributed by atoms with Crippen molar-refractivity contribution in [3.05, 3.63) is 35.9 Å². The molecule has 4 fully saturated rings. The molecule has 22 heavy (non-hydrogen) atoms. The molecule has 0 radical (unpaired) electrons. The summed E-state index contributed by atoms with van der Waals surface area (Å²) >= 11 is 0. The third-order valence-corrected chi connectivity index (χ3v) is 6.59. The first-order chi connectivity index (χ1) is 10.6. The molecule has 2 heteroatoms. The molecule has 1 amide bonds. The molecule has 1 aromatic rings. The van der Waals surface area contributed by atoms with Gasteiger partial charge in [0, 0.05) is 6.04 Å². The van der Waals surface area contributed by atoms with Crippen LogP contribution in [0.15, 0.2) is 30.3 Å². The Hall–Kier alpha value is -1.31. The number of hydrogen-bond donors (Lipinski definition) is 1. The van der Waals surface area contributed by atoms with Gasteiger partial charge in [0.1, 0.15) is 0 Å². The van der Waals surface area contributed by atoms with E-state index in [0.717, 1.165) is 23.3 Å². The van der Waals surface area contributed by atoms with Gasteiger partial charge in [-0.1, -0.05) is 30.3 Å². The number of benzene rings is 1. The lowest BCUT2D eigenvalue weighted by atomic mass is 9.48. The van der Waals surface area contributed by atoms with Crippen LogP contribution in [-0.2, 0) is 11.2 Å². The lowest BCUT2D eigenvalue weighted by molar-refractivity contribution is -0.125. The molecule has 1 atom stereocenters. The predicted octanol–water partition coefficient (Wildman–Crippen LogP) is 3.95. The van der Waals surface area contributed by atoms with E-state index in [1.165, 1.54) is 38.5 Å². The zero-order valence-electron chi connectivity index (χ0n) is 13.6. The van der Waals surface area contributed by atoms with Gasteiger partial charge in [0.15, 0.2) is 0 Å². The summed E-state index contributed by atoms with van der Waals surface area (Å²) in [5.74, 6) is 3.02. The maximum atomic E-state index is 12.4. The lowest BCUT2D eigenvalue weighted by Gasteiger charge is -2.59. The molecule has 4 bridgehead atoms. The fourth-order valence-electron chi connectivity index (χ4n) is 5.93. The topological polar surface area (TPSA) is 29.1 Å². The summed E-state index contributed by atoms with van der Waals surface area (Å²) in [6.45, 7) is 2.26. The van der Waals surface area contributed by atoms with Gasteiger partial charge < -0.3 is 5.32 Å². The van der Waals surface area contributed by atoms with Crippen LogP contribution in [0, 0.1) is 23.2 Å². The Bertz CT molecular complexity index is 515. The Morgan fingerprint density at radius 1 is 1.09 bits per heavy atom. The molecule has 0 unspecified atom stereocenters. The summed E-state index contributed by atoms with van der Waals surface area (Å²) in [6, 6.07) is 10.4. The largest absolute Gasteiger partial charge is 0.353 e. The third-order valence-electron chi connectivity index (χ3n) is 6.59. The van der Waals surface area contributed by atoms with E-state index < -0.39 is 0 Å². The van der Waals surface area contributed by atoms with Crippen molar-refractivity contribution in [2.24, 2.45) is 23.2 Å². The lowest BCUT2D eigenvalue weighted by Crippen LogP contribution is -2.56. The zero-order chi connectivity index (χ0) is 15.2. The smallest absolute Gasteiger partial charge is 0.224 e. The second kappa shape index (κ2) is 5.40. The molecule has 0 aliphatic heterocycles. The molecule has 4 saturated carbocycles. The average Bonchev–Trinajstić information content (AvgIpc) is 2.46. The van der Waals surface area contributed by atoms with Crippen molar-refractivity contribution in [3.63, 3.8) is 0 Å². The van der Waals surface area contributed by atoms with E-state index in [-0.39, 0.29) is 5.91 Å². The maximum Gasteiger partial charge on any atom is 0.224 e. The Labute approximate surface area is 133 Å². The van der Waals surface area contributed by atoms with Crippen molar-refractivity contribution in [2.45, 2.75) is 57.9 Å². The number of nitrogens with one attached hydrogen (secondary N) is 1. The molecule has 1 aromatic carbocycles. The van der Waals surface area contributed by atoms with Gasteiger partial charge >= 0.3 is 0 Å². The van der Waals surface area contributed by atoms with Gasteiger partial charge in [-0.2, -0.15) is 0 Å². The quantitative estimate of drug-likeness (QED) is 0.896. The van der Waals surface area contributed by atoms with Crippen molar-refractivity contribution in [3.8, 4) is 0 Å². The van der Waals surface area contributed by atoms with E-state index in [1.807, 2.05) is 30.3 Å². The minimum absolute atomic E-state index is 0.189. The van der Waals surface area contributed by atoms with Crippen LogP contribution in [0.4, 0.5) is 0 Å². The highest BCUT2D eigenvalue weighted by Crippen LogP contribution is 2.61. The number of rotatable bonds is 4. The fraction of sp³-hybridized carbons (Fsp3) is 0.650. The number of amides is 1. The SMILES string of the molecule is C[C@@H](NC(=O)Cc1ccccc1)C12CC3CC(CC(C3)C1)C2. The van der Waals surface area contributed by atoms with Gasteiger partial charge in [0.2, 0.25) is 5.91 Å². The summed E-state index contributed by atoms with van der Waals surface area (Å²) in [4.78, 5) is 12.4. The maximum absolute atomic E-state index is 12.4. The molecule has 0 spiro atoms. The van der Waals surface area contributed by atoms with E-state index in [0.29, 0.717) is 17.9 Å². The summed E-state index contributed by atoms with van der Waals surface area (Å²) in [6.07, 6.45) is 8.96. The third kappa shape index (κ3) is 2.57. The van der Waals surface area contributed by atoms with Crippen LogP contribution in [0.3, 0.4) is 0 Å². The number of carbonyl (C=O) groups excluding carboxylic acids is 1. The molecular formula is C20H27NO. The van der Waals surface area contributed by atoms with Gasteiger partial charge in [-0.25, -0.2) is 0 Å². The number of carbonyl (C=O) groups is 1. The Balaban J connectivity index is 1.41. The van der Waals surface area contributed by atoms with Crippen molar-refractivity contribution in [2.75, 3.05) is 0 Å². The molecule has 4 aliphatic rings. The van der Waals surface area contributed by atoms with E-state index in [2.05, 4.69) is 12.2 Å². The minimum atomic E-state index is 0.189. The Morgan fingerprint density at radius 3 is 2.18 bits per heavy atom. The summed E-state index contributed by atoms with van der Waals surface area (Å²) < 4.78 is 0. The summed E-state index contributed by atoms with van der Waals surface area (Å²) in [5, 5.41) is 3.35. The van der Waals surface area contributed by atoms with Crippen LogP contribution in [-0.4, -0.2) is 11.9 Å². The van der Waals surface area contributed by atoms with Crippen LogP contribution >= 0.6 is 0 Å². The van der Waals surface area contributed by atoms with Gasteiger partial charge in [0.25, 0.3) is 0 Å². The zero-order valence-corrected chi connectivity index (χ0v) is 13.6. The van der Waals surface area contributed by atoms with Gasteiger partial charge in [-0.05, 0) is 74.2 Å². The Morgan fingerprint density at radius 2 is 1.64 bits per heavy atom. The van der Waals surface area contributed by atoms with Gasteiger partial charge in [0.05, 0.1) is 6.42 Å². The minimum Gasteiger partial charge on any atom is -0.353 e. The first-order valence-electron chi connectivity index (χ1n) is 8.96. The van der Waals surface area contributed by atoms with E-state index in [9.17, 15) is 4.79 Å². The molecule has 0 heterocycles. The van der Waals surface area contributed by atoms with Crippen molar-refractivity contribution < 1.29 is 4.79 Å². The normalized spacial score (nSPS) is 37.0. The van der Waals surface area contributed by atoms with Crippen molar-refractivity contribution in [1.82, 2.24) is 5.32 Å². The van der Waals surface area contributed by atoms with Crippen LogP contribution in [0.2, 0.25) is 0 Å². The molecule has 2 nitrogen and oxygen atoms in total. The van der Waals surface area contributed by atoms with Crippen LogP contribution in [0.25, 0.3) is 0 Å². The van der Waals surface area contributed by atoms with E-state index in [4.69, 9.17) is 0 Å². The molecule has 4 aliphatic carbocycles. The highest BCUT2D eigenvalue weighted by Gasteiger charge is 2.53. The fourth-order valence-corrected chi connectivity index (χ4v) is 5.93. The van der Waals surface area contributed by atoms with Crippen molar-refractivity contribution in [1.29, 1.82) is 0 Å². The second-order valence-corrected chi connectivity index (χ2v) is 8.23. The molecule has 0 aromatic heterocycles.